The molecule has 10 heteroatoms. The molecule has 0 radical (unpaired) electrons. The molecule has 33 heavy (non-hydrogen) atoms. The summed E-state index contributed by atoms with van der Waals surface area (Å²) in [6.07, 6.45) is 5.24. The molecule has 0 amide bonds. The smallest absolute Gasteiger partial charge is 0.266 e. The number of hydrogen-bond donors (Lipinski definition) is 1. The number of anilines is 1. The Morgan fingerprint density at radius 1 is 1.18 bits per heavy atom. The monoisotopic (exact) mass is 507 g/mol. The summed E-state index contributed by atoms with van der Waals surface area (Å²) >= 11 is 7.43. The van der Waals surface area contributed by atoms with Gasteiger partial charge < -0.3 is 4.74 Å². The van der Waals surface area contributed by atoms with Gasteiger partial charge >= 0.3 is 0 Å². The minimum absolute atomic E-state index is 0.0648. The molecule has 0 spiro atoms. The van der Waals surface area contributed by atoms with Crippen molar-refractivity contribution in [3.05, 3.63) is 70.4 Å². The molecule has 3 aromatic rings. The molecule has 3 atom stereocenters. The third-order valence-electron chi connectivity index (χ3n) is 6.27. The van der Waals surface area contributed by atoms with Gasteiger partial charge in [-0.05, 0) is 37.3 Å². The van der Waals surface area contributed by atoms with Crippen molar-refractivity contribution in [2.45, 2.75) is 55.3 Å². The van der Waals surface area contributed by atoms with Crippen molar-refractivity contribution in [1.29, 1.82) is 0 Å². The molecule has 5 rings (SSSR count). The number of ether oxygens (including phenoxy) is 1. The molecule has 174 valence electrons. The number of rotatable bonds is 7. The van der Waals surface area contributed by atoms with E-state index in [4.69, 9.17) is 16.3 Å². The first-order valence-corrected chi connectivity index (χ1v) is 13.5. The topological polar surface area (TPSA) is 71.5 Å². The maximum atomic E-state index is 14.8. The lowest BCUT2D eigenvalue weighted by atomic mass is 9.98. The lowest BCUT2D eigenvalue weighted by Crippen LogP contribution is -2.45. The molecule has 2 bridgehead atoms. The first-order valence-electron chi connectivity index (χ1n) is 10.8. The van der Waals surface area contributed by atoms with Crippen LogP contribution in [0.4, 0.5) is 9.52 Å². The van der Waals surface area contributed by atoms with E-state index in [2.05, 4.69) is 38.9 Å². The maximum absolute atomic E-state index is 14.8. The molecule has 2 aliphatic rings. The van der Waals surface area contributed by atoms with E-state index in [9.17, 15) is 12.8 Å². The molecule has 0 saturated carbocycles. The molecular formula is C23H23ClFN3O3S2. The van der Waals surface area contributed by atoms with E-state index in [-0.39, 0.29) is 22.0 Å². The van der Waals surface area contributed by atoms with Gasteiger partial charge in [-0.25, -0.2) is 17.8 Å². The van der Waals surface area contributed by atoms with E-state index in [1.54, 1.807) is 5.38 Å². The second-order valence-electron chi connectivity index (χ2n) is 8.41. The van der Waals surface area contributed by atoms with Crippen LogP contribution in [0.1, 0.15) is 31.2 Å². The molecule has 0 unspecified atom stereocenters. The summed E-state index contributed by atoms with van der Waals surface area (Å²) in [6.45, 7) is 0.914. The normalized spacial score (nSPS) is 22.9. The summed E-state index contributed by atoms with van der Waals surface area (Å²) in [5.41, 5.74) is 1.29. The minimum atomic E-state index is -4.15. The number of thiazole rings is 1. The second-order valence-corrected chi connectivity index (χ2v) is 11.4. The fourth-order valence-corrected chi connectivity index (χ4v) is 6.95. The number of aromatic nitrogens is 1. The molecule has 6 nitrogen and oxygen atoms in total. The number of sulfonamides is 1. The maximum Gasteiger partial charge on any atom is 0.266 e. The van der Waals surface area contributed by atoms with E-state index in [0.29, 0.717) is 12.1 Å². The van der Waals surface area contributed by atoms with Crippen molar-refractivity contribution in [2.75, 3.05) is 4.72 Å². The fraction of sp³-hybridized carbons (Fsp3) is 0.348. The Morgan fingerprint density at radius 3 is 2.58 bits per heavy atom. The van der Waals surface area contributed by atoms with E-state index in [1.165, 1.54) is 11.8 Å². The first kappa shape index (κ1) is 22.6. The van der Waals surface area contributed by atoms with Crippen molar-refractivity contribution in [2.24, 2.45) is 0 Å². The van der Waals surface area contributed by atoms with Gasteiger partial charge in [0.1, 0.15) is 22.6 Å². The highest BCUT2D eigenvalue weighted by atomic mass is 35.5. The zero-order valence-corrected chi connectivity index (χ0v) is 20.0. The largest absolute Gasteiger partial charge is 0.489 e. The van der Waals surface area contributed by atoms with Crippen LogP contribution in [0.3, 0.4) is 0 Å². The fourth-order valence-electron chi connectivity index (χ4n) is 4.80. The zero-order valence-electron chi connectivity index (χ0n) is 17.7. The van der Waals surface area contributed by atoms with Crippen molar-refractivity contribution < 1.29 is 17.5 Å². The number of halogens is 2. The predicted octanol–water partition coefficient (Wildman–Crippen LogP) is 5.31. The Hall–Kier alpha value is -2.20. The van der Waals surface area contributed by atoms with Crippen LogP contribution in [0.25, 0.3) is 0 Å². The molecule has 2 fully saturated rings. The lowest BCUT2D eigenvalue weighted by Gasteiger charge is -2.39. The van der Waals surface area contributed by atoms with Crippen molar-refractivity contribution in [3.63, 3.8) is 0 Å². The predicted molar refractivity (Wildman–Crippen MR) is 127 cm³/mol. The van der Waals surface area contributed by atoms with Crippen LogP contribution in [0, 0.1) is 5.82 Å². The molecule has 2 aliphatic heterocycles. The summed E-state index contributed by atoms with van der Waals surface area (Å²) < 4.78 is 48.3. The quantitative estimate of drug-likeness (QED) is 0.469. The minimum Gasteiger partial charge on any atom is -0.489 e. The van der Waals surface area contributed by atoms with Gasteiger partial charge in [-0.1, -0.05) is 41.9 Å². The van der Waals surface area contributed by atoms with Crippen molar-refractivity contribution in [3.8, 4) is 5.75 Å². The first-order chi connectivity index (χ1) is 15.9. The Bertz CT molecular complexity index is 1210. The average Bonchev–Trinajstić information content (AvgIpc) is 3.36. The molecule has 0 aliphatic carbocycles. The van der Waals surface area contributed by atoms with Crippen molar-refractivity contribution >= 4 is 38.1 Å². The van der Waals surface area contributed by atoms with Gasteiger partial charge in [0.05, 0.1) is 5.02 Å². The van der Waals surface area contributed by atoms with Crippen LogP contribution in [-0.4, -0.2) is 36.5 Å². The van der Waals surface area contributed by atoms with E-state index in [1.807, 2.05) is 6.07 Å². The van der Waals surface area contributed by atoms with Gasteiger partial charge in [-0.2, -0.15) is 0 Å². The van der Waals surface area contributed by atoms with E-state index in [0.717, 1.165) is 55.7 Å². The third kappa shape index (κ3) is 4.87. The Balaban J connectivity index is 1.28. The molecule has 1 aromatic heterocycles. The van der Waals surface area contributed by atoms with E-state index >= 15 is 0 Å². The van der Waals surface area contributed by atoms with Crippen LogP contribution in [0.5, 0.6) is 5.75 Å². The van der Waals surface area contributed by atoms with Crippen LogP contribution in [0.15, 0.2) is 58.9 Å². The van der Waals surface area contributed by atoms with Crippen LogP contribution in [0.2, 0.25) is 5.02 Å². The SMILES string of the molecule is O=S(=O)(Nc1nccs1)c1cc(Cl)c(O[C@H]2C[C@H]3CC[C@@H](C2)N3Cc2ccccc2)cc1F. The number of nitrogens with one attached hydrogen (secondary N) is 1. The number of nitrogens with zero attached hydrogens (tertiary/aromatic N) is 2. The average molecular weight is 508 g/mol. The summed E-state index contributed by atoms with van der Waals surface area (Å²) in [6, 6.07) is 13.4. The van der Waals surface area contributed by atoms with Crippen LogP contribution in [-0.2, 0) is 16.6 Å². The Kier molecular flexibility index (Phi) is 6.30. The third-order valence-corrected chi connectivity index (χ3v) is 8.74. The summed E-state index contributed by atoms with van der Waals surface area (Å²) in [5, 5.41) is 1.84. The van der Waals surface area contributed by atoms with Gasteiger partial charge in [0.15, 0.2) is 5.13 Å². The number of fused-ring (bicyclic) bond motifs is 2. The molecule has 1 N–H and O–H groups in total. The van der Waals surface area contributed by atoms with Gasteiger partial charge in [-0.15, -0.1) is 11.3 Å². The van der Waals surface area contributed by atoms with Gasteiger partial charge in [0, 0.05) is 36.3 Å². The van der Waals surface area contributed by atoms with Gasteiger partial charge in [0.2, 0.25) is 0 Å². The zero-order chi connectivity index (χ0) is 23.0. The highest BCUT2D eigenvalue weighted by Gasteiger charge is 2.41. The molecule has 2 aromatic carbocycles. The Morgan fingerprint density at radius 2 is 1.91 bits per heavy atom. The number of piperidine rings is 1. The highest BCUT2D eigenvalue weighted by Crippen LogP contribution is 2.40. The summed E-state index contributed by atoms with van der Waals surface area (Å²) in [4.78, 5) is 5.88. The highest BCUT2D eigenvalue weighted by molar-refractivity contribution is 7.93. The standard InChI is InChI=1S/C23H23ClFN3O3S2/c24-19-12-22(33(29,30)27-23-26-8-9-32-23)20(25)13-21(19)31-18-10-16-6-7-17(11-18)28(16)14-15-4-2-1-3-5-15/h1-5,8-9,12-13,16-18H,6-7,10-11,14H2,(H,26,27)/t16-,17+,18+. The molecular weight excluding hydrogens is 485 g/mol. The number of hydrogen-bond acceptors (Lipinski definition) is 6. The van der Waals surface area contributed by atoms with Gasteiger partial charge in [0.25, 0.3) is 10.0 Å². The molecule has 2 saturated heterocycles. The second kappa shape index (κ2) is 9.21. The summed E-state index contributed by atoms with van der Waals surface area (Å²) in [5.74, 6) is -0.744. The molecule has 3 heterocycles. The van der Waals surface area contributed by atoms with Crippen molar-refractivity contribution in [1.82, 2.24) is 9.88 Å². The summed E-state index contributed by atoms with van der Waals surface area (Å²) in [7, 11) is -4.15. The Labute approximate surface area is 201 Å². The lowest BCUT2D eigenvalue weighted by molar-refractivity contribution is 0.0444. The number of benzene rings is 2. The van der Waals surface area contributed by atoms with E-state index < -0.39 is 20.7 Å². The van der Waals surface area contributed by atoms with Crippen LogP contribution < -0.4 is 9.46 Å². The van der Waals surface area contributed by atoms with Gasteiger partial charge in [-0.3, -0.25) is 9.62 Å². The van der Waals surface area contributed by atoms with Crippen LogP contribution >= 0.6 is 22.9 Å².